The molecule has 31 heavy (non-hydrogen) atoms. The zero-order valence-corrected chi connectivity index (χ0v) is 17.2. The fourth-order valence-corrected chi connectivity index (χ4v) is 4.95. The summed E-state index contributed by atoms with van der Waals surface area (Å²) in [5.41, 5.74) is 6.04. The minimum atomic E-state index is 0.0384. The van der Waals surface area contributed by atoms with Gasteiger partial charge in [-0.1, -0.05) is 36.4 Å². The standard InChI is InChI=1S/C26H24N2O3/c29-19-5-3-4-18(15-19)26-25-21(20-6-1-2-7-22(20)27-25)10-11-28(26)16-17-8-9-23-24(14-17)31-13-12-30-23/h1-9,14-15,26-27,29H,10-13,16H2/t26-/m0/s1. The molecular formula is C26H24N2O3. The normalized spacial score (nSPS) is 18.1. The van der Waals surface area contributed by atoms with Crippen molar-refractivity contribution in [2.45, 2.75) is 19.0 Å². The molecule has 0 radical (unpaired) electrons. The van der Waals surface area contributed by atoms with Gasteiger partial charge in [0.15, 0.2) is 11.5 Å². The SMILES string of the molecule is Oc1cccc([C@H]2c3[nH]c4ccccc4c3CCN2Cc2ccc3c(c2)OCCO3)c1. The van der Waals surface area contributed by atoms with E-state index in [4.69, 9.17) is 9.47 Å². The van der Waals surface area contributed by atoms with Crippen molar-refractivity contribution in [1.29, 1.82) is 0 Å². The summed E-state index contributed by atoms with van der Waals surface area (Å²) in [5.74, 6) is 1.93. The number of nitrogens with zero attached hydrogens (tertiary/aromatic N) is 1. The summed E-state index contributed by atoms with van der Waals surface area (Å²) in [6.07, 6.45) is 0.985. The van der Waals surface area contributed by atoms with Gasteiger partial charge in [-0.2, -0.15) is 0 Å². The highest BCUT2D eigenvalue weighted by Crippen LogP contribution is 2.40. The molecule has 0 bridgehead atoms. The summed E-state index contributed by atoms with van der Waals surface area (Å²) in [6.45, 7) is 2.90. The number of fused-ring (bicyclic) bond motifs is 4. The van der Waals surface area contributed by atoms with E-state index in [9.17, 15) is 5.11 Å². The Morgan fingerprint density at radius 2 is 1.81 bits per heavy atom. The summed E-state index contributed by atoms with van der Waals surface area (Å²) < 4.78 is 11.5. The molecule has 2 aliphatic heterocycles. The number of ether oxygens (including phenoxy) is 2. The van der Waals surface area contributed by atoms with E-state index >= 15 is 0 Å². The Balaban J connectivity index is 1.42. The van der Waals surface area contributed by atoms with E-state index in [0.29, 0.717) is 19.0 Å². The molecule has 0 saturated carbocycles. The maximum Gasteiger partial charge on any atom is 0.161 e. The summed E-state index contributed by atoms with van der Waals surface area (Å²) in [5, 5.41) is 11.5. The van der Waals surface area contributed by atoms with Gasteiger partial charge in [-0.25, -0.2) is 0 Å². The largest absolute Gasteiger partial charge is 0.508 e. The molecule has 1 aromatic heterocycles. The molecule has 5 heteroatoms. The zero-order valence-electron chi connectivity index (χ0n) is 17.2. The number of benzene rings is 3. The molecule has 6 rings (SSSR count). The molecule has 5 nitrogen and oxygen atoms in total. The molecule has 1 atom stereocenters. The monoisotopic (exact) mass is 412 g/mol. The maximum absolute atomic E-state index is 10.2. The number of phenols is 1. The van der Waals surface area contributed by atoms with Gasteiger partial charge in [0.2, 0.25) is 0 Å². The third kappa shape index (κ3) is 3.22. The molecule has 0 unspecified atom stereocenters. The molecular weight excluding hydrogens is 388 g/mol. The van der Waals surface area contributed by atoms with Crippen molar-refractivity contribution in [2.24, 2.45) is 0 Å². The van der Waals surface area contributed by atoms with Crippen molar-refractivity contribution in [1.82, 2.24) is 9.88 Å². The highest BCUT2D eigenvalue weighted by Gasteiger charge is 2.32. The maximum atomic E-state index is 10.2. The number of aromatic nitrogens is 1. The van der Waals surface area contributed by atoms with Gasteiger partial charge in [0, 0.05) is 29.7 Å². The smallest absolute Gasteiger partial charge is 0.161 e. The van der Waals surface area contributed by atoms with Crippen LogP contribution in [0.5, 0.6) is 17.2 Å². The first kappa shape index (κ1) is 18.3. The number of H-pyrrole nitrogens is 1. The Bertz CT molecular complexity index is 1260. The first-order chi connectivity index (χ1) is 15.3. The Labute approximate surface area is 180 Å². The lowest BCUT2D eigenvalue weighted by atomic mass is 9.91. The van der Waals surface area contributed by atoms with E-state index in [1.54, 1.807) is 6.07 Å². The van der Waals surface area contributed by atoms with E-state index in [-0.39, 0.29) is 6.04 Å². The first-order valence-corrected chi connectivity index (χ1v) is 10.8. The van der Waals surface area contributed by atoms with Crippen LogP contribution in [0.15, 0.2) is 66.7 Å². The number of aromatic amines is 1. The van der Waals surface area contributed by atoms with Crippen molar-refractivity contribution in [3.8, 4) is 17.2 Å². The van der Waals surface area contributed by atoms with E-state index in [1.807, 2.05) is 18.2 Å². The van der Waals surface area contributed by atoms with Crippen molar-refractivity contribution in [3.05, 3.63) is 89.1 Å². The zero-order chi connectivity index (χ0) is 20.8. The van der Waals surface area contributed by atoms with Gasteiger partial charge in [-0.3, -0.25) is 4.90 Å². The van der Waals surface area contributed by atoms with Crippen LogP contribution in [0.2, 0.25) is 0 Å². The van der Waals surface area contributed by atoms with Crippen molar-refractivity contribution in [3.63, 3.8) is 0 Å². The molecule has 2 N–H and O–H groups in total. The van der Waals surface area contributed by atoms with Crippen LogP contribution in [0, 0.1) is 0 Å². The number of hydrogen-bond donors (Lipinski definition) is 2. The van der Waals surface area contributed by atoms with Crippen LogP contribution in [0.25, 0.3) is 10.9 Å². The first-order valence-electron chi connectivity index (χ1n) is 10.8. The van der Waals surface area contributed by atoms with Gasteiger partial charge < -0.3 is 19.6 Å². The fraction of sp³-hybridized carbons (Fsp3) is 0.231. The van der Waals surface area contributed by atoms with Gasteiger partial charge in [0.1, 0.15) is 19.0 Å². The summed E-state index contributed by atoms with van der Waals surface area (Å²) in [6, 6.07) is 22.4. The summed E-state index contributed by atoms with van der Waals surface area (Å²) in [4.78, 5) is 6.15. The van der Waals surface area contributed by atoms with Crippen LogP contribution >= 0.6 is 0 Å². The number of hydrogen-bond acceptors (Lipinski definition) is 4. The van der Waals surface area contributed by atoms with Gasteiger partial charge in [0.05, 0.1) is 6.04 Å². The van der Waals surface area contributed by atoms with Crippen LogP contribution in [0.3, 0.4) is 0 Å². The molecule has 2 aliphatic rings. The molecule has 4 aromatic rings. The molecule has 3 heterocycles. The summed E-state index contributed by atoms with van der Waals surface area (Å²) in [7, 11) is 0. The number of phenolic OH excluding ortho intramolecular Hbond substituents is 1. The third-order valence-corrected chi connectivity index (χ3v) is 6.31. The van der Waals surface area contributed by atoms with Crippen LogP contribution in [-0.2, 0) is 13.0 Å². The lowest BCUT2D eigenvalue weighted by Crippen LogP contribution is -2.35. The topological polar surface area (TPSA) is 57.7 Å². The van der Waals surface area contributed by atoms with Crippen molar-refractivity contribution >= 4 is 10.9 Å². The molecule has 3 aromatic carbocycles. The molecule has 156 valence electrons. The average molecular weight is 412 g/mol. The van der Waals surface area contributed by atoms with E-state index in [1.165, 1.54) is 27.7 Å². The second-order valence-electron chi connectivity index (χ2n) is 8.26. The van der Waals surface area contributed by atoms with Crippen LogP contribution in [0.4, 0.5) is 0 Å². The Kier molecular flexibility index (Phi) is 4.35. The molecule has 0 saturated heterocycles. The Morgan fingerprint density at radius 1 is 0.935 bits per heavy atom. The Morgan fingerprint density at radius 3 is 2.71 bits per heavy atom. The minimum Gasteiger partial charge on any atom is -0.508 e. The molecule has 0 fully saturated rings. The highest BCUT2D eigenvalue weighted by molar-refractivity contribution is 5.85. The van der Waals surface area contributed by atoms with Crippen LogP contribution < -0.4 is 9.47 Å². The summed E-state index contributed by atoms with van der Waals surface area (Å²) >= 11 is 0. The molecule has 0 aliphatic carbocycles. The van der Waals surface area contributed by atoms with Gasteiger partial charge >= 0.3 is 0 Å². The average Bonchev–Trinajstić information content (AvgIpc) is 3.17. The van der Waals surface area contributed by atoms with E-state index in [0.717, 1.165) is 36.6 Å². The van der Waals surface area contributed by atoms with Gasteiger partial charge in [-0.05, 0) is 53.4 Å². The van der Waals surface area contributed by atoms with Crippen molar-refractivity contribution < 1.29 is 14.6 Å². The minimum absolute atomic E-state index is 0.0384. The van der Waals surface area contributed by atoms with Gasteiger partial charge in [0.25, 0.3) is 0 Å². The van der Waals surface area contributed by atoms with Crippen LogP contribution in [0.1, 0.15) is 28.4 Å². The predicted molar refractivity (Wildman–Crippen MR) is 120 cm³/mol. The highest BCUT2D eigenvalue weighted by atomic mass is 16.6. The quantitative estimate of drug-likeness (QED) is 0.508. The number of aromatic hydroxyl groups is 1. The van der Waals surface area contributed by atoms with E-state index in [2.05, 4.69) is 52.3 Å². The lowest BCUT2D eigenvalue weighted by Gasteiger charge is -2.36. The van der Waals surface area contributed by atoms with Crippen LogP contribution in [-0.4, -0.2) is 34.7 Å². The number of rotatable bonds is 3. The predicted octanol–water partition coefficient (Wildman–Crippen LogP) is 4.79. The number of para-hydroxylation sites is 1. The Hall–Kier alpha value is -3.44. The number of nitrogens with one attached hydrogen (secondary N) is 1. The third-order valence-electron chi connectivity index (χ3n) is 6.31. The second-order valence-corrected chi connectivity index (χ2v) is 8.26. The van der Waals surface area contributed by atoms with Crippen molar-refractivity contribution in [2.75, 3.05) is 19.8 Å². The lowest BCUT2D eigenvalue weighted by molar-refractivity contribution is 0.170. The second kappa shape index (κ2) is 7.36. The van der Waals surface area contributed by atoms with E-state index < -0.39 is 0 Å². The molecule has 0 amide bonds. The molecule has 0 spiro atoms. The van der Waals surface area contributed by atoms with Gasteiger partial charge in [-0.15, -0.1) is 0 Å². The fourth-order valence-electron chi connectivity index (χ4n) is 4.95.